The van der Waals surface area contributed by atoms with Gasteiger partial charge in [0.2, 0.25) is 0 Å². The molecule has 0 N–H and O–H groups in total. The molecule has 20 heavy (non-hydrogen) atoms. The van der Waals surface area contributed by atoms with Crippen LogP contribution in [0.2, 0.25) is 4.34 Å². The number of rotatable bonds is 3. The predicted molar refractivity (Wildman–Crippen MR) is 76.4 cm³/mol. The molecule has 0 saturated carbocycles. The average molecular weight is 333 g/mol. The van der Waals surface area contributed by atoms with Crippen LogP contribution in [-0.4, -0.2) is 24.4 Å². The van der Waals surface area contributed by atoms with Crippen molar-refractivity contribution in [2.45, 2.75) is 30.0 Å². The van der Waals surface area contributed by atoms with E-state index in [2.05, 4.69) is 5.16 Å². The van der Waals surface area contributed by atoms with E-state index in [1.165, 1.54) is 4.31 Å². The highest BCUT2D eigenvalue weighted by atomic mass is 35.5. The maximum atomic E-state index is 12.7. The first-order chi connectivity index (χ1) is 9.48. The highest BCUT2D eigenvalue weighted by molar-refractivity contribution is 7.91. The van der Waals surface area contributed by atoms with Crippen LogP contribution < -0.4 is 0 Å². The van der Waals surface area contributed by atoms with E-state index in [0.717, 1.165) is 29.9 Å². The Morgan fingerprint density at radius 2 is 2.30 bits per heavy atom. The zero-order chi connectivity index (χ0) is 14.3. The lowest BCUT2D eigenvalue weighted by Gasteiger charge is -2.21. The Morgan fingerprint density at radius 3 is 2.90 bits per heavy atom. The molecular formula is C12H13ClN2O3S2. The highest BCUT2D eigenvalue weighted by Crippen LogP contribution is 2.38. The van der Waals surface area contributed by atoms with Crippen LogP contribution in [0, 0.1) is 6.92 Å². The van der Waals surface area contributed by atoms with Crippen LogP contribution >= 0.6 is 22.9 Å². The Bertz CT molecular complexity index is 723. The number of thiophene rings is 1. The molecule has 1 aliphatic rings. The average Bonchev–Trinajstić information content (AvgIpc) is 3.07. The van der Waals surface area contributed by atoms with Gasteiger partial charge in [-0.25, -0.2) is 8.42 Å². The fourth-order valence-corrected chi connectivity index (χ4v) is 5.68. The van der Waals surface area contributed by atoms with Crippen molar-refractivity contribution in [3.63, 3.8) is 0 Å². The molecule has 0 aliphatic carbocycles. The molecule has 2 aromatic heterocycles. The van der Waals surface area contributed by atoms with Crippen molar-refractivity contribution in [1.29, 1.82) is 0 Å². The molecule has 108 valence electrons. The maximum absolute atomic E-state index is 12.7. The second-order valence-electron chi connectivity index (χ2n) is 4.70. The van der Waals surface area contributed by atoms with Crippen LogP contribution in [0.25, 0.3) is 0 Å². The van der Waals surface area contributed by atoms with Crippen LogP contribution in [0.5, 0.6) is 0 Å². The van der Waals surface area contributed by atoms with Crippen molar-refractivity contribution in [1.82, 2.24) is 9.46 Å². The normalized spacial score (nSPS) is 20.6. The lowest BCUT2D eigenvalue weighted by atomic mass is 10.2. The second-order valence-corrected chi connectivity index (χ2v) is 8.54. The molecule has 0 spiro atoms. The van der Waals surface area contributed by atoms with Crippen LogP contribution in [0.1, 0.15) is 30.3 Å². The van der Waals surface area contributed by atoms with Crippen LogP contribution in [0.4, 0.5) is 0 Å². The van der Waals surface area contributed by atoms with E-state index in [4.69, 9.17) is 16.1 Å². The van der Waals surface area contributed by atoms with Gasteiger partial charge in [-0.15, -0.1) is 11.3 Å². The van der Waals surface area contributed by atoms with E-state index in [0.29, 0.717) is 16.6 Å². The Kier molecular flexibility index (Phi) is 3.62. The van der Waals surface area contributed by atoms with Crippen LogP contribution in [-0.2, 0) is 10.0 Å². The minimum Gasteiger partial charge on any atom is -0.359 e. The highest BCUT2D eigenvalue weighted by Gasteiger charge is 2.38. The van der Waals surface area contributed by atoms with Gasteiger partial charge in [0.05, 0.1) is 16.1 Å². The van der Waals surface area contributed by atoms with Gasteiger partial charge in [-0.2, -0.15) is 4.31 Å². The minimum absolute atomic E-state index is 0.269. The Morgan fingerprint density at radius 1 is 1.50 bits per heavy atom. The molecule has 1 fully saturated rings. The van der Waals surface area contributed by atoms with Crippen LogP contribution in [0.15, 0.2) is 26.9 Å². The van der Waals surface area contributed by atoms with E-state index in [-0.39, 0.29) is 10.3 Å². The first-order valence-electron chi connectivity index (χ1n) is 6.19. The summed E-state index contributed by atoms with van der Waals surface area (Å²) in [4.78, 5) is 0. The van der Waals surface area contributed by atoms with Crippen molar-refractivity contribution in [2.75, 3.05) is 6.54 Å². The summed E-state index contributed by atoms with van der Waals surface area (Å²) in [7, 11) is -3.53. The molecule has 3 rings (SSSR count). The van der Waals surface area contributed by atoms with Crippen molar-refractivity contribution in [3.8, 4) is 0 Å². The third-order valence-electron chi connectivity index (χ3n) is 3.29. The number of hydrogen-bond acceptors (Lipinski definition) is 5. The first kappa shape index (κ1) is 14.1. The third kappa shape index (κ3) is 2.39. The van der Waals surface area contributed by atoms with Crippen molar-refractivity contribution in [2.24, 2.45) is 0 Å². The summed E-state index contributed by atoms with van der Waals surface area (Å²) in [5.74, 6) is 0.603. The molecule has 8 heteroatoms. The summed E-state index contributed by atoms with van der Waals surface area (Å²) < 4.78 is 32.8. The van der Waals surface area contributed by atoms with Crippen molar-refractivity contribution >= 4 is 33.0 Å². The second kappa shape index (κ2) is 5.14. The molecule has 5 nitrogen and oxygen atoms in total. The standard InChI is InChI=1S/C12H13ClN2O3S2/c1-8-7-10(18-14-8)9-3-2-6-15(9)20(16,17)12-5-4-11(13)19-12/h4-5,7,9H,2-3,6H2,1H3/t9-/m1/s1. The molecule has 3 heterocycles. The summed E-state index contributed by atoms with van der Waals surface area (Å²) in [6.07, 6.45) is 1.55. The summed E-state index contributed by atoms with van der Waals surface area (Å²) in [5, 5.41) is 3.84. The zero-order valence-electron chi connectivity index (χ0n) is 10.7. The van der Waals surface area contributed by atoms with Gasteiger partial charge in [0.25, 0.3) is 10.0 Å². The molecule has 0 radical (unpaired) electrons. The molecular weight excluding hydrogens is 320 g/mol. The van der Waals surface area contributed by atoms with Crippen LogP contribution in [0.3, 0.4) is 0 Å². The Labute approximate surface area is 126 Å². The van der Waals surface area contributed by atoms with E-state index in [9.17, 15) is 8.42 Å². The molecule has 2 aromatic rings. The van der Waals surface area contributed by atoms with Gasteiger partial charge < -0.3 is 4.52 Å². The van der Waals surface area contributed by atoms with E-state index >= 15 is 0 Å². The number of hydrogen-bond donors (Lipinski definition) is 0. The zero-order valence-corrected chi connectivity index (χ0v) is 13.1. The van der Waals surface area contributed by atoms with Gasteiger partial charge in [-0.05, 0) is 31.9 Å². The molecule has 1 aliphatic heterocycles. The smallest absolute Gasteiger partial charge is 0.253 e. The monoisotopic (exact) mass is 332 g/mol. The van der Waals surface area contributed by atoms with E-state index < -0.39 is 10.0 Å². The summed E-state index contributed by atoms with van der Waals surface area (Å²) in [6, 6.07) is 4.66. The van der Waals surface area contributed by atoms with Gasteiger partial charge >= 0.3 is 0 Å². The molecule has 1 atom stereocenters. The molecule has 1 saturated heterocycles. The predicted octanol–water partition coefficient (Wildman–Crippen LogP) is 3.22. The first-order valence-corrected chi connectivity index (χ1v) is 8.82. The van der Waals surface area contributed by atoms with Gasteiger partial charge in [0.15, 0.2) is 5.76 Å². The van der Waals surface area contributed by atoms with E-state index in [1.54, 1.807) is 18.2 Å². The van der Waals surface area contributed by atoms with Crippen molar-refractivity contribution in [3.05, 3.63) is 34.0 Å². The summed E-state index contributed by atoms with van der Waals surface area (Å²) >= 11 is 6.91. The SMILES string of the molecule is Cc1cc([C@H]2CCCN2S(=O)(=O)c2ccc(Cl)s2)on1. The Hall–Kier alpha value is -0.890. The maximum Gasteiger partial charge on any atom is 0.253 e. The number of sulfonamides is 1. The lowest BCUT2D eigenvalue weighted by Crippen LogP contribution is -2.30. The fraction of sp³-hybridized carbons (Fsp3) is 0.417. The molecule has 0 bridgehead atoms. The van der Waals surface area contributed by atoms with Crippen molar-refractivity contribution < 1.29 is 12.9 Å². The number of aryl methyl sites for hydroxylation is 1. The fourth-order valence-electron chi connectivity index (χ4n) is 2.40. The molecule has 0 amide bonds. The lowest BCUT2D eigenvalue weighted by molar-refractivity contribution is 0.297. The number of aromatic nitrogens is 1. The largest absolute Gasteiger partial charge is 0.359 e. The quantitative estimate of drug-likeness (QED) is 0.865. The number of nitrogens with zero attached hydrogens (tertiary/aromatic N) is 2. The third-order valence-corrected chi connectivity index (χ3v) is 6.90. The Balaban J connectivity index is 1.96. The van der Waals surface area contributed by atoms with E-state index in [1.807, 2.05) is 6.92 Å². The topological polar surface area (TPSA) is 63.4 Å². The minimum atomic E-state index is -3.53. The van der Waals surface area contributed by atoms with Gasteiger partial charge in [0.1, 0.15) is 4.21 Å². The van der Waals surface area contributed by atoms with Gasteiger partial charge in [0, 0.05) is 12.6 Å². The van der Waals surface area contributed by atoms with Gasteiger partial charge in [-0.3, -0.25) is 0 Å². The molecule has 0 aromatic carbocycles. The van der Waals surface area contributed by atoms with Gasteiger partial charge in [-0.1, -0.05) is 16.8 Å². The number of halogens is 1. The molecule has 0 unspecified atom stereocenters. The summed E-state index contributed by atoms with van der Waals surface area (Å²) in [5.41, 5.74) is 0.753. The summed E-state index contributed by atoms with van der Waals surface area (Å²) in [6.45, 7) is 2.31.